The third-order valence-electron chi connectivity index (χ3n) is 2.71. The summed E-state index contributed by atoms with van der Waals surface area (Å²) in [6.07, 6.45) is 2.09. The minimum absolute atomic E-state index is 0.362. The van der Waals surface area contributed by atoms with E-state index < -0.39 is 0 Å². The Morgan fingerprint density at radius 2 is 1.94 bits per heavy atom. The van der Waals surface area contributed by atoms with E-state index in [1.54, 1.807) is 13.2 Å². The van der Waals surface area contributed by atoms with Gasteiger partial charge in [-0.1, -0.05) is 6.07 Å². The number of hydrogen-bond donors (Lipinski definition) is 0. The molecule has 0 amide bonds. The quantitative estimate of drug-likeness (QED) is 0.776. The van der Waals surface area contributed by atoms with Gasteiger partial charge in [0.1, 0.15) is 17.8 Å². The summed E-state index contributed by atoms with van der Waals surface area (Å²) in [5.74, 6) is 0.774. The van der Waals surface area contributed by atoms with Crippen LogP contribution < -0.4 is 4.74 Å². The number of carbonyl (C=O) groups is 1. The third kappa shape index (κ3) is 2.22. The number of hydrogen-bond acceptors (Lipinski definition) is 4. The van der Waals surface area contributed by atoms with E-state index in [-0.39, 0.29) is 0 Å². The number of benzene rings is 1. The van der Waals surface area contributed by atoms with E-state index in [9.17, 15) is 4.79 Å². The first-order chi connectivity index (χ1) is 8.65. The van der Waals surface area contributed by atoms with Crippen LogP contribution in [0.4, 0.5) is 0 Å². The number of nitrogens with zero attached hydrogens (tertiary/aromatic N) is 2. The Morgan fingerprint density at radius 3 is 2.61 bits per heavy atom. The average Bonchev–Trinajstić information content (AvgIpc) is 2.38. The van der Waals surface area contributed by atoms with Gasteiger partial charge in [-0.15, -0.1) is 0 Å². The lowest BCUT2D eigenvalue weighted by molar-refractivity contribution is 0.111. The summed E-state index contributed by atoms with van der Waals surface area (Å²) in [6.45, 7) is 3.99. The van der Waals surface area contributed by atoms with E-state index in [2.05, 4.69) is 9.97 Å². The molecule has 0 bridgehead atoms. The first-order valence-electron chi connectivity index (χ1n) is 5.58. The van der Waals surface area contributed by atoms with E-state index in [0.717, 1.165) is 22.4 Å². The van der Waals surface area contributed by atoms with Crippen molar-refractivity contribution in [2.75, 3.05) is 7.11 Å². The van der Waals surface area contributed by atoms with Crippen molar-refractivity contribution in [2.24, 2.45) is 0 Å². The molecule has 4 nitrogen and oxygen atoms in total. The predicted molar refractivity (Wildman–Crippen MR) is 68.9 cm³/mol. The Bertz CT molecular complexity index is 594. The molecule has 0 fully saturated rings. The van der Waals surface area contributed by atoms with E-state index >= 15 is 0 Å². The van der Waals surface area contributed by atoms with Gasteiger partial charge < -0.3 is 4.74 Å². The molecule has 0 saturated carbocycles. The predicted octanol–water partition coefficient (Wildman–Crippen LogP) is 2.58. The molecule has 0 aliphatic carbocycles. The second kappa shape index (κ2) is 4.96. The fourth-order valence-electron chi connectivity index (χ4n) is 2.00. The lowest BCUT2D eigenvalue weighted by Gasteiger charge is -2.12. The molecule has 0 radical (unpaired) electrons. The molecule has 0 spiro atoms. The van der Waals surface area contributed by atoms with Crippen LogP contribution in [0, 0.1) is 13.8 Å². The summed E-state index contributed by atoms with van der Waals surface area (Å²) in [7, 11) is 1.63. The van der Waals surface area contributed by atoms with E-state index in [1.807, 2.05) is 26.0 Å². The number of methoxy groups -OCH3 is 1. The molecule has 0 atom stereocenters. The molecule has 1 aromatic carbocycles. The summed E-state index contributed by atoms with van der Waals surface area (Å²) in [5.41, 5.74) is 4.09. The fraction of sp³-hybridized carbons (Fsp3) is 0.214. The minimum Gasteiger partial charge on any atom is -0.496 e. The Balaban J connectivity index is 2.65. The Hall–Kier alpha value is -2.23. The highest BCUT2D eigenvalue weighted by atomic mass is 16.5. The van der Waals surface area contributed by atoms with Crippen molar-refractivity contribution in [1.82, 2.24) is 9.97 Å². The molecule has 18 heavy (non-hydrogen) atoms. The number of carbonyl (C=O) groups excluding carboxylic acids is 1. The SMILES string of the molecule is COc1c(C)cc(C)cc1-c1cc(C=O)ncn1. The van der Waals surface area contributed by atoms with Crippen molar-refractivity contribution in [1.29, 1.82) is 0 Å². The Morgan fingerprint density at radius 1 is 1.17 bits per heavy atom. The van der Waals surface area contributed by atoms with Crippen LogP contribution >= 0.6 is 0 Å². The molecule has 0 aliphatic rings. The summed E-state index contributed by atoms with van der Waals surface area (Å²) < 4.78 is 5.41. The fourth-order valence-corrected chi connectivity index (χ4v) is 2.00. The normalized spacial score (nSPS) is 10.2. The largest absolute Gasteiger partial charge is 0.496 e. The van der Waals surface area contributed by atoms with Gasteiger partial charge in [0, 0.05) is 5.56 Å². The van der Waals surface area contributed by atoms with Crippen molar-refractivity contribution in [2.45, 2.75) is 13.8 Å². The van der Waals surface area contributed by atoms with Gasteiger partial charge in [-0.3, -0.25) is 4.79 Å². The average molecular weight is 242 g/mol. The molecule has 1 aromatic heterocycles. The van der Waals surface area contributed by atoms with Crippen molar-refractivity contribution in [3.05, 3.63) is 41.3 Å². The van der Waals surface area contributed by atoms with Crippen molar-refractivity contribution >= 4 is 6.29 Å². The van der Waals surface area contributed by atoms with Gasteiger partial charge in [0.15, 0.2) is 6.29 Å². The van der Waals surface area contributed by atoms with E-state index in [1.165, 1.54) is 6.33 Å². The minimum atomic E-state index is 0.362. The second-order valence-corrected chi connectivity index (χ2v) is 4.11. The summed E-state index contributed by atoms with van der Waals surface area (Å²) in [4.78, 5) is 18.8. The second-order valence-electron chi connectivity index (χ2n) is 4.11. The molecule has 92 valence electrons. The lowest BCUT2D eigenvalue weighted by Crippen LogP contribution is -1.96. The zero-order chi connectivity index (χ0) is 13.1. The molecule has 0 saturated heterocycles. The van der Waals surface area contributed by atoms with Gasteiger partial charge in [-0.2, -0.15) is 0 Å². The number of aldehydes is 1. The maximum absolute atomic E-state index is 10.8. The summed E-state index contributed by atoms with van der Waals surface area (Å²) >= 11 is 0. The summed E-state index contributed by atoms with van der Waals surface area (Å²) in [6, 6.07) is 5.69. The zero-order valence-electron chi connectivity index (χ0n) is 10.6. The molecule has 0 aliphatic heterocycles. The van der Waals surface area contributed by atoms with Gasteiger partial charge in [0.2, 0.25) is 0 Å². The van der Waals surface area contributed by atoms with Crippen molar-refractivity contribution in [3.8, 4) is 17.0 Å². The number of ether oxygens (including phenoxy) is 1. The van der Waals surface area contributed by atoms with Gasteiger partial charge in [0.25, 0.3) is 0 Å². The van der Waals surface area contributed by atoms with Gasteiger partial charge in [0.05, 0.1) is 12.8 Å². The first-order valence-corrected chi connectivity index (χ1v) is 5.58. The van der Waals surface area contributed by atoms with Crippen LogP contribution in [0.1, 0.15) is 21.6 Å². The monoisotopic (exact) mass is 242 g/mol. The number of aryl methyl sites for hydroxylation is 2. The third-order valence-corrected chi connectivity index (χ3v) is 2.71. The summed E-state index contributed by atoms with van der Waals surface area (Å²) in [5, 5.41) is 0. The van der Waals surface area contributed by atoms with E-state index in [0.29, 0.717) is 17.7 Å². The van der Waals surface area contributed by atoms with Crippen LogP contribution in [0.15, 0.2) is 24.5 Å². The highest BCUT2D eigenvalue weighted by Gasteiger charge is 2.11. The molecular formula is C14H14N2O2. The van der Waals surface area contributed by atoms with E-state index in [4.69, 9.17) is 4.74 Å². The van der Waals surface area contributed by atoms with Gasteiger partial charge in [-0.05, 0) is 37.1 Å². The van der Waals surface area contributed by atoms with Crippen molar-refractivity contribution < 1.29 is 9.53 Å². The molecule has 1 heterocycles. The highest BCUT2D eigenvalue weighted by molar-refractivity contribution is 5.77. The van der Waals surface area contributed by atoms with Crippen LogP contribution in [0.2, 0.25) is 0 Å². The van der Waals surface area contributed by atoms with Gasteiger partial charge in [-0.25, -0.2) is 9.97 Å². The standard InChI is InChI=1S/C14H14N2O2/c1-9-4-10(2)14(18-3)12(5-9)13-6-11(7-17)15-8-16-13/h4-8H,1-3H3. The number of aromatic nitrogens is 2. The molecule has 0 N–H and O–H groups in total. The number of rotatable bonds is 3. The first kappa shape index (κ1) is 12.2. The molecular weight excluding hydrogens is 228 g/mol. The Labute approximate surface area is 106 Å². The van der Waals surface area contributed by atoms with Crippen LogP contribution in [0.25, 0.3) is 11.3 Å². The maximum Gasteiger partial charge on any atom is 0.168 e. The highest BCUT2D eigenvalue weighted by Crippen LogP contribution is 2.32. The Kier molecular flexibility index (Phi) is 3.37. The molecule has 2 aromatic rings. The zero-order valence-corrected chi connectivity index (χ0v) is 10.6. The van der Waals surface area contributed by atoms with Crippen LogP contribution in [0.5, 0.6) is 5.75 Å². The lowest BCUT2D eigenvalue weighted by atomic mass is 10.0. The van der Waals surface area contributed by atoms with Crippen LogP contribution in [-0.4, -0.2) is 23.4 Å². The van der Waals surface area contributed by atoms with Gasteiger partial charge >= 0.3 is 0 Å². The topological polar surface area (TPSA) is 52.1 Å². The maximum atomic E-state index is 10.8. The molecule has 0 unspecified atom stereocenters. The smallest absolute Gasteiger partial charge is 0.168 e. The van der Waals surface area contributed by atoms with Crippen molar-refractivity contribution in [3.63, 3.8) is 0 Å². The molecule has 2 rings (SSSR count). The molecule has 4 heteroatoms. The van der Waals surface area contributed by atoms with Crippen LogP contribution in [-0.2, 0) is 0 Å². The van der Waals surface area contributed by atoms with Crippen LogP contribution in [0.3, 0.4) is 0 Å².